The van der Waals surface area contributed by atoms with Gasteiger partial charge in [0.1, 0.15) is 0 Å². The Morgan fingerprint density at radius 1 is 0.409 bits per heavy atom. The van der Waals surface area contributed by atoms with Crippen LogP contribution in [0.2, 0.25) is 0 Å². The van der Waals surface area contributed by atoms with Gasteiger partial charge in [0, 0.05) is 0 Å². The van der Waals surface area contributed by atoms with Crippen LogP contribution in [-0.4, -0.2) is 31.2 Å². The van der Waals surface area contributed by atoms with E-state index in [9.17, 15) is 0 Å². The molecule has 0 aliphatic rings. The third kappa shape index (κ3) is 1220. The first-order valence-corrected chi connectivity index (χ1v) is 2.30. The fourth-order valence-electron chi connectivity index (χ4n) is 0. The summed E-state index contributed by atoms with van der Waals surface area (Å²) in [5.74, 6) is 0. The molecule has 22 heteroatoms. The molecule has 0 saturated heterocycles. The standard InChI is InChI=1S/6HNO2.2H3N.Na.Rh/c6*2-1-3;;;;/h6*(H,2,3);2*1H3;;/q;;;;;;;;+1;+3/p+2. The monoisotopic (exact) mass is 444 g/mol. The molecule has 14 N–H and O–H groups in total. The van der Waals surface area contributed by atoms with Crippen molar-refractivity contribution in [2.24, 2.45) is 32.0 Å². The first-order chi connectivity index (χ1) is 8.49. The van der Waals surface area contributed by atoms with Crippen LogP contribution in [0.4, 0.5) is 0 Å². The Labute approximate surface area is 154 Å². The fourth-order valence-corrected chi connectivity index (χ4v) is 0. The molecule has 0 atom stereocenters. The number of quaternary nitrogens is 2. The Hall–Kier alpha value is -2.06. The summed E-state index contributed by atoms with van der Waals surface area (Å²) in [7, 11) is 0. The Morgan fingerprint density at radius 2 is 0.409 bits per heavy atom. The molecule has 0 aromatic carbocycles. The third-order valence-corrected chi connectivity index (χ3v) is 0. The van der Waals surface area contributed by atoms with E-state index >= 15 is 0 Å². The molecule has 20 nitrogen and oxygen atoms in total. The van der Waals surface area contributed by atoms with Gasteiger partial charge in [0.25, 0.3) is 0 Å². The zero-order valence-electron chi connectivity index (χ0n) is 11.1. The number of rotatable bonds is 0. The molecule has 0 unspecified atom stereocenters. The molecule has 0 rings (SSSR count). The van der Waals surface area contributed by atoms with Crippen LogP contribution in [0.5, 0.6) is 0 Å². The maximum atomic E-state index is 8.11. The zero-order valence-corrected chi connectivity index (χ0v) is 14.8. The minimum Gasteiger partial charge on any atom is -0.379 e. The summed E-state index contributed by atoms with van der Waals surface area (Å²) in [6.07, 6.45) is 0. The van der Waals surface area contributed by atoms with E-state index in [0.29, 0.717) is 0 Å². The van der Waals surface area contributed by atoms with Crippen molar-refractivity contribution in [3.63, 3.8) is 0 Å². The molecule has 0 aromatic rings. The fraction of sp³-hybridized carbons (Fsp3) is 0. The van der Waals surface area contributed by atoms with Crippen LogP contribution in [-0.2, 0) is 19.5 Å². The van der Waals surface area contributed by atoms with E-state index < -0.39 is 0 Å². The van der Waals surface area contributed by atoms with Gasteiger partial charge in [-0.05, 0) is 0 Å². The topological polar surface area (TPSA) is 371 Å². The van der Waals surface area contributed by atoms with Gasteiger partial charge in [-0.2, -0.15) is 0 Å². The van der Waals surface area contributed by atoms with Crippen molar-refractivity contribution < 1.29 is 80.3 Å². The summed E-state index contributed by atoms with van der Waals surface area (Å²) < 4.78 is 0. The van der Waals surface area contributed by atoms with Gasteiger partial charge >= 0.3 is 49.0 Å². The Balaban J connectivity index is -0.00000000947. The zero-order chi connectivity index (χ0) is 16.2. The molecule has 0 heterocycles. The second kappa shape index (κ2) is 392. The molecule has 0 saturated carbocycles. The van der Waals surface area contributed by atoms with Crippen LogP contribution < -0.4 is 41.9 Å². The van der Waals surface area contributed by atoms with Crippen molar-refractivity contribution in [1.29, 1.82) is 0 Å². The Bertz CT molecular complexity index is 123. The van der Waals surface area contributed by atoms with Gasteiger partial charge in [-0.1, -0.05) is 0 Å². The van der Waals surface area contributed by atoms with Gasteiger partial charge in [0.15, 0.2) is 32.0 Å². The molecule has 22 heavy (non-hydrogen) atoms. The first kappa shape index (κ1) is 72.4. The number of hydrogen-bond acceptors (Lipinski definition) is 12. The van der Waals surface area contributed by atoms with Gasteiger partial charge < -0.3 is 43.5 Å². The van der Waals surface area contributed by atoms with Gasteiger partial charge in [0.05, 0.1) is 0 Å². The smallest absolute Gasteiger partial charge is 0.379 e. The van der Waals surface area contributed by atoms with Crippen molar-refractivity contribution in [3.8, 4) is 0 Å². The maximum Gasteiger partial charge on any atom is 3.00 e. The van der Waals surface area contributed by atoms with E-state index in [4.69, 9.17) is 60.7 Å². The van der Waals surface area contributed by atoms with Crippen molar-refractivity contribution in [1.82, 2.24) is 12.3 Å². The molecular weight excluding hydrogens is 430 g/mol. The first-order valence-electron chi connectivity index (χ1n) is 2.30. The Morgan fingerprint density at radius 3 is 0.409 bits per heavy atom. The SMILES string of the molecule is O=NO.O=NO.O=NO.O=NO.O=NO.O=NO.[NH4+].[NH4+].[Na+].[Rh+3]. The summed E-state index contributed by atoms with van der Waals surface area (Å²) in [5.41, 5.74) is 0. The number of nitrogens with zero attached hydrogens (tertiary/aromatic N) is 6. The molecular formula is H14N8NaO12Rh+6. The van der Waals surface area contributed by atoms with E-state index in [-0.39, 0.29) is 61.3 Å². The van der Waals surface area contributed by atoms with Crippen LogP contribution in [0.15, 0.2) is 32.0 Å². The van der Waals surface area contributed by atoms with Crippen LogP contribution in [0.3, 0.4) is 0 Å². The molecule has 130 valence electrons. The molecule has 0 amide bonds. The van der Waals surface area contributed by atoms with E-state index in [2.05, 4.69) is 0 Å². The predicted molar refractivity (Wildman–Crippen MR) is 57.5 cm³/mol. The molecule has 0 aromatic heterocycles. The van der Waals surface area contributed by atoms with Crippen molar-refractivity contribution in [3.05, 3.63) is 29.4 Å². The molecule has 0 aliphatic carbocycles. The van der Waals surface area contributed by atoms with E-state index in [1.54, 1.807) is 0 Å². The van der Waals surface area contributed by atoms with E-state index in [1.165, 1.54) is 32.0 Å². The summed E-state index contributed by atoms with van der Waals surface area (Å²) in [6.45, 7) is 0. The van der Waals surface area contributed by atoms with Gasteiger partial charge in [-0.3, -0.25) is 0 Å². The molecule has 0 fully saturated rings. The third-order valence-electron chi connectivity index (χ3n) is 0. The summed E-state index contributed by atoms with van der Waals surface area (Å²) in [4.78, 5) is 48.7. The normalized spacial score (nSPS) is 3.27. The van der Waals surface area contributed by atoms with Crippen LogP contribution in [0.1, 0.15) is 0 Å². The largest absolute Gasteiger partial charge is 3.00 e. The van der Waals surface area contributed by atoms with Gasteiger partial charge in [0.2, 0.25) is 0 Å². The summed E-state index contributed by atoms with van der Waals surface area (Å²) in [5, 5.41) is 47.3. The van der Waals surface area contributed by atoms with Crippen molar-refractivity contribution in [2.75, 3.05) is 0 Å². The quantitative estimate of drug-likeness (QED) is 0.121. The summed E-state index contributed by atoms with van der Waals surface area (Å²) >= 11 is 0. The van der Waals surface area contributed by atoms with Gasteiger partial charge in [-0.25, -0.2) is 0 Å². The van der Waals surface area contributed by atoms with E-state index in [0.717, 1.165) is 0 Å². The maximum absolute atomic E-state index is 8.11. The molecule has 0 radical (unpaired) electrons. The molecule has 0 spiro atoms. The van der Waals surface area contributed by atoms with E-state index in [1.807, 2.05) is 0 Å². The average molecular weight is 444 g/mol. The van der Waals surface area contributed by atoms with Gasteiger partial charge in [-0.15, -0.1) is 29.4 Å². The minimum atomic E-state index is 0. The Kier molecular flexibility index (Phi) is 1290. The van der Waals surface area contributed by atoms with Crippen LogP contribution in [0.25, 0.3) is 0 Å². The molecule has 0 bridgehead atoms. The predicted octanol–water partition coefficient (Wildman–Crippen LogP) is -1.39. The number of hydrogen-bond donors (Lipinski definition) is 8. The second-order valence-electron chi connectivity index (χ2n) is 0.490. The van der Waals surface area contributed by atoms with Crippen LogP contribution in [0, 0.1) is 29.4 Å². The minimum absolute atomic E-state index is 0. The second-order valence-corrected chi connectivity index (χ2v) is 0.490. The molecule has 0 aliphatic heterocycles. The van der Waals surface area contributed by atoms with Crippen molar-refractivity contribution in [2.45, 2.75) is 0 Å². The summed E-state index contributed by atoms with van der Waals surface area (Å²) in [6, 6.07) is 0. The average Bonchev–Trinajstić information content (AvgIpc) is 2.23. The van der Waals surface area contributed by atoms with Crippen LogP contribution >= 0.6 is 0 Å². The van der Waals surface area contributed by atoms with Crippen molar-refractivity contribution >= 4 is 0 Å².